The fourth-order valence-electron chi connectivity index (χ4n) is 5.06. The van der Waals surface area contributed by atoms with E-state index in [0.717, 1.165) is 33.6 Å². The van der Waals surface area contributed by atoms with Gasteiger partial charge in [0.1, 0.15) is 12.1 Å². The standard InChI is InChI=1S/C27H24N4O2/c1-16-9-7-8-12-18(16)24-29-25-23-21(17-10-5-4-6-11-17)22-19(32)13-27(2,3)14-20(22)33-26(23)28-15-31(25)30-24/h4-12,15,21H,13-14H2,1-3H3/t21-/m0/s1. The predicted octanol–water partition coefficient (Wildman–Crippen LogP) is 5.27. The number of hydrogen-bond acceptors (Lipinski definition) is 5. The van der Waals surface area contributed by atoms with Crippen molar-refractivity contribution in [2.24, 2.45) is 5.41 Å². The zero-order chi connectivity index (χ0) is 22.7. The van der Waals surface area contributed by atoms with Gasteiger partial charge in [0.05, 0.1) is 5.56 Å². The minimum atomic E-state index is -0.293. The van der Waals surface area contributed by atoms with Crippen molar-refractivity contribution in [1.82, 2.24) is 19.6 Å². The molecule has 0 saturated heterocycles. The van der Waals surface area contributed by atoms with Gasteiger partial charge < -0.3 is 4.74 Å². The average Bonchev–Trinajstić information content (AvgIpc) is 3.22. The molecule has 33 heavy (non-hydrogen) atoms. The lowest BCUT2D eigenvalue weighted by Crippen LogP contribution is -2.33. The second-order valence-electron chi connectivity index (χ2n) is 9.71. The van der Waals surface area contributed by atoms with E-state index in [1.165, 1.54) is 0 Å². The number of rotatable bonds is 2. The number of Topliss-reactive ketones (excluding diaryl/α,β-unsaturated/α-hetero) is 1. The Labute approximate surface area is 192 Å². The summed E-state index contributed by atoms with van der Waals surface area (Å²) in [5.74, 6) is 1.70. The van der Waals surface area contributed by atoms with Gasteiger partial charge in [-0.2, -0.15) is 0 Å². The normalized spacial score (nSPS) is 19.2. The number of aromatic nitrogens is 4. The molecule has 0 bridgehead atoms. The van der Waals surface area contributed by atoms with Crippen LogP contribution >= 0.6 is 0 Å². The van der Waals surface area contributed by atoms with Gasteiger partial charge in [0.25, 0.3) is 0 Å². The molecule has 1 aliphatic carbocycles. The minimum Gasteiger partial charge on any atom is -0.442 e. The SMILES string of the molecule is Cc1ccccc1-c1nc2c3c(ncn2n1)OC1=C(C(=O)CC(C)(C)C1)[C@@H]3c1ccccc1. The number of nitrogens with zero attached hydrogens (tertiary/aromatic N) is 4. The van der Waals surface area contributed by atoms with Crippen LogP contribution in [0.15, 0.2) is 72.3 Å². The van der Waals surface area contributed by atoms with Gasteiger partial charge in [0, 0.05) is 29.9 Å². The molecule has 4 aromatic rings. The largest absolute Gasteiger partial charge is 0.442 e. The monoisotopic (exact) mass is 436 g/mol. The highest BCUT2D eigenvalue weighted by Crippen LogP contribution is 2.50. The first-order chi connectivity index (χ1) is 15.9. The smallest absolute Gasteiger partial charge is 0.228 e. The predicted molar refractivity (Wildman–Crippen MR) is 125 cm³/mol. The summed E-state index contributed by atoms with van der Waals surface area (Å²) < 4.78 is 8.00. The van der Waals surface area contributed by atoms with E-state index in [2.05, 4.69) is 31.0 Å². The highest BCUT2D eigenvalue weighted by atomic mass is 16.5. The third-order valence-corrected chi connectivity index (χ3v) is 6.58. The minimum absolute atomic E-state index is 0.126. The molecule has 6 nitrogen and oxygen atoms in total. The van der Waals surface area contributed by atoms with Crippen LogP contribution in [-0.2, 0) is 4.79 Å². The Morgan fingerprint density at radius 2 is 1.79 bits per heavy atom. The van der Waals surface area contributed by atoms with Crippen LogP contribution in [0.5, 0.6) is 5.88 Å². The zero-order valence-corrected chi connectivity index (χ0v) is 18.9. The first kappa shape index (κ1) is 19.9. The molecule has 0 N–H and O–H groups in total. The maximum absolute atomic E-state index is 13.4. The quantitative estimate of drug-likeness (QED) is 0.428. The maximum Gasteiger partial charge on any atom is 0.228 e. The van der Waals surface area contributed by atoms with Crippen LogP contribution in [0.1, 0.15) is 49.3 Å². The lowest BCUT2D eigenvalue weighted by molar-refractivity contribution is -0.118. The third kappa shape index (κ3) is 3.17. The summed E-state index contributed by atoms with van der Waals surface area (Å²) >= 11 is 0. The van der Waals surface area contributed by atoms with Crippen molar-refractivity contribution in [3.8, 4) is 17.3 Å². The zero-order valence-electron chi connectivity index (χ0n) is 18.9. The molecule has 164 valence electrons. The Balaban J connectivity index is 1.61. The molecule has 0 amide bonds. The van der Waals surface area contributed by atoms with E-state index in [9.17, 15) is 4.79 Å². The molecule has 2 aliphatic rings. The lowest BCUT2D eigenvalue weighted by Gasteiger charge is -2.37. The fourth-order valence-corrected chi connectivity index (χ4v) is 5.06. The van der Waals surface area contributed by atoms with Crippen LogP contribution in [-0.4, -0.2) is 25.4 Å². The molecule has 3 heterocycles. The molecule has 6 heteroatoms. The Hall–Kier alpha value is -3.80. The Bertz CT molecular complexity index is 1450. The number of aryl methyl sites for hydroxylation is 1. The van der Waals surface area contributed by atoms with Crippen LogP contribution in [0, 0.1) is 12.3 Å². The number of ketones is 1. The topological polar surface area (TPSA) is 69.4 Å². The van der Waals surface area contributed by atoms with Crippen molar-refractivity contribution in [3.63, 3.8) is 0 Å². The number of ether oxygens (including phenoxy) is 1. The van der Waals surface area contributed by atoms with Gasteiger partial charge in [0.15, 0.2) is 17.3 Å². The number of allylic oxidation sites excluding steroid dienone is 2. The van der Waals surface area contributed by atoms with Crippen molar-refractivity contribution >= 4 is 11.4 Å². The van der Waals surface area contributed by atoms with E-state index >= 15 is 0 Å². The van der Waals surface area contributed by atoms with Crippen molar-refractivity contribution in [2.75, 3.05) is 0 Å². The molecule has 0 fully saturated rings. The molecule has 0 saturated carbocycles. The summed E-state index contributed by atoms with van der Waals surface area (Å²) in [6, 6.07) is 18.1. The summed E-state index contributed by atoms with van der Waals surface area (Å²) in [4.78, 5) is 23.0. The van der Waals surface area contributed by atoms with E-state index in [4.69, 9.17) is 14.8 Å². The van der Waals surface area contributed by atoms with Crippen molar-refractivity contribution < 1.29 is 9.53 Å². The summed E-state index contributed by atoms with van der Waals surface area (Å²) in [5, 5.41) is 4.71. The molecular formula is C27H24N4O2. The van der Waals surface area contributed by atoms with Crippen LogP contribution in [0.25, 0.3) is 17.0 Å². The molecule has 0 radical (unpaired) electrons. The summed E-state index contributed by atoms with van der Waals surface area (Å²) in [6.45, 7) is 6.26. The van der Waals surface area contributed by atoms with Gasteiger partial charge in [0.2, 0.25) is 5.88 Å². The highest BCUT2D eigenvalue weighted by molar-refractivity contribution is 6.00. The molecular weight excluding hydrogens is 412 g/mol. The van der Waals surface area contributed by atoms with Gasteiger partial charge in [-0.25, -0.2) is 14.5 Å². The molecule has 2 aromatic carbocycles. The van der Waals surface area contributed by atoms with E-state index in [1.54, 1.807) is 10.8 Å². The molecule has 0 unspecified atom stereocenters. The van der Waals surface area contributed by atoms with Crippen LogP contribution in [0.3, 0.4) is 0 Å². The number of carbonyl (C=O) groups is 1. The van der Waals surface area contributed by atoms with Gasteiger partial charge in [-0.05, 0) is 23.5 Å². The number of hydrogen-bond donors (Lipinski definition) is 0. The van der Waals surface area contributed by atoms with Crippen LogP contribution in [0.2, 0.25) is 0 Å². The Morgan fingerprint density at radius 3 is 2.58 bits per heavy atom. The average molecular weight is 437 g/mol. The number of carbonyl (C=O) groups excluding carboxylic acids is 1. The molecule has 2 aromatic heterocycles. The van der Waals surface area contributed by atoms with E-state index in [1.807, 2.05) is 49.4 Å². The second kappa shape index (κ2) is 7.10. The Kier molecular flexibility index (Phi) is 4.27. The van der Waals surface area contributed by atoms with E-state index in [0.29, 0.717) is 30.2 Å². The first-order valence-corrected chi connectivity index (χ1v) is 11.2. The van der Waals surface area contributed by atoms with Crippen LogP contribution < -0.4 is 4.74 Å². The van der Waals surface area contributed by atoms with Gasteiger partial charge in [-0.1, -0.05) is 68.4 Å². The maximum atomic E-state index is 13.4. The van der Waals surface area contributed by atoms with Crippen molar-refractivity contribution in [1.29, 1.82) is 0 Å². The van der Waals surface area contributed by atoms with Gasteiger partial charge >= 0.3 is 0 Å². The molecule has 1 aliphatic heterocycles. The first-order valence-electron chi connectivity index (χ1n) is 11.2. The van der Waals surface area contributed by atoms with Gasteiger partial charge in [-0.15, -0.1) is 5.10 Å². The highest BCUT2D eigenvalue weighted by Gasteiger charge is 2.43. The fraction of sp³-hybridized carbons (Fsp3) is 0.259. The molecule has 6 rings (SSSR count). The van der Waals surface area contributed by atoms with Crippen LogP contribution in [0.4, 0.5) is 0 Å². The summed E-state index contributed by atoms with van der Waals surface area (Å²) in [5.41, 5.74) is 5.13. The summed E-state index contributed by atoms with van der Waals surface area (Å²) in [6.07, 6.45) is 2.84. The van der Waals surface area contributed by atoms with E-state index in [-0.39, 0.29) is 17.1 Å². The third-order valence-electron chi connectivity index (χ3n) is 6.58. The van der Waals surface area contributed by atoms with Gasteiger partial charge in [-0.3, -0.25) is 4.79 Å². The molecule has 0 spiro atoms. The lowest BCUT2D eigenvalue weighted by atomic mass is 9.70. The molecule has 1 atom stereocenters. The van der Waals surface area contributed by atoms with Crippen molar-refractivity contribution in [3.05, 3.63) is 88.9 Å². The number of fused-ring (bicyclic) bond motifs is 3. The van der Waals surface area contributed by atoms with E-state index < -0.39 is 0 Å². The second-order valence-corrected chi connectivity index (χ2v) is 9.71. The number of benzene rings is 2. The Morgan fingerprint density at radius 1 is 1.03 bits per heavy atom. The van der Waals surface area contributed by atoms with Crippen molar-refractivity contribution in [2.45, 2.75) is 39.5 Å². The summed E-state index contributed by atoms with van der Waals surface area (Å²) in [7, 11) is 0.